The van der Waals surface area contributed by atoms with E-state index in [1.165, 1.54) is 7.11 Å². The summed E-state index contributed by atoms with van der Waals surface area (Å²) in [5.74, 6) is -0.487. The molecule has 0 heterocycles. The van der Waals surface area contributed by atoms with Crippen molar-refractivity contribution < 1.29 is 31.5 Å². The van der Waals surface area contributed by atoms with Crippen LogP contribution in [0.2, 0.25) is 5.02 Å². The fourth-order valence-electron chi connectivity index (χ4n) is 2.61. The predicted molar refractivity (Wildman–Crippen MR) is 109 cm³/mol. The first kappa shape index (κ1) is 23.8. The minimum absolute atomic E-state index is 0.0641. The lowest BCUT2D eigenvalue weighted by molar-refractivity contribution is -0.116. The number of alkyl halides is 2. The first-order valence-corrected chi connectivity index (χ1v) is 10.7. The molecule has 0 spiro atoms. The molecule has 1 N–H and O–H groups in total. The zero-order chi connectivity index (χ0) is 22.3. The van der Waals surface area contributed by atoms with E-state index >= 15 is 0 Å². The zero-order valence-corrected chi connectivity index (χ0v) is 17.8. The van der Waals surface area contributed by atoms with Crippen LogP contribution in [-0.4, -0.2) is 45.4 Å². The Morgan fingerprint density at radius 3 is 2.50 bits per heavy atom. The molecule has 0 fully saturated rings. The van der Waals surface area contributed by atoms with Crippen molar-refractivity contribution in [1.82, 2.24) is 4.31 Å². The number of carbonyl (C=O) groups excluding carboxylic acids is 1. The van der Waals surface area contributed by atoms with Crippen LogP contribution in [0.15, 0.2) is 47.4 Å². The molecule has 2 aromatic carbocycles. The summed E-state index contributed by atoms with van der Waals surface area (Å²) >= 11 is 5.87. The van der Waals surface area contributed by atoms with Crippen LogP contribution in [0.3, 0.4) is 0 Å². The van der Waals surface area contributed by atoms with Crippen molar-refractivity contribution in [2.24, 2.45) is 0 Å². The van der Waals surface area contributed by atoms with Crippen molar-refractivity contribution in [2.75, 3.05) is 25.5 Å². The van der Waals surface area contributed by atoms with Gasteiger partial charge in [0.2, 0.25) is 15.9 Å². The number of nitrogens with zero attached hydrogens (tertiary/aromatic N) is 1. The molecule has 0 aliphatic rings. The molecule has 0 radical (unpaired) electrons. The number of nitrogens with one attached hydrogen (secondary N) is 1. The molecule has 0 atom stereocenters. The fourth-order valence-corrected chi connectivity index (χ4v) is 4.42. The van der Waals surface area contributed by atoms with Gasteiger partial charge in [0.25, 0.3) is 0 Å². The second-order valence-corrected chi connectivity index (χ2v) is 8.40. The van der Waals surface area contributed by atoms with Gasteiger partial charge in [0.05, 0.1) is 29.3 Å². The van der Waals surface area contributed by atoms with Crippen LogP contribution in [0, 0.1) is 0 Å². The summed E-state index contributed by atoms with van der Waals surface area (Å²) in [5.41, 5.74) is 0.399. The summed E-state index contributed by atoms with van der Waals surface area (Å²) in [5, 5.41) is 2.33. The van der Waals surface area contributed by atoms with Crippen LogP contribution < -0.4 is 14.8 Å². The number of halogens is 3. The minimum Gasteiger partial charge on any atom is -0.495 e. The molecule has 11 heteroatoms. The van der Waals surface area contributed by atoms with Gasteiger partial charge in [-0.15, -0.1) is 0 Å². The molecule has 30 heavy (non-hydrogen) atoms. The highest BCUT2D eigenvalue weighted by atomic mass is 35.5. The standard InChI is InChI=1S/C19H21ClF2N2O5S/c1-3-10-24(12-18(25)23-15-6-4-5-7-17(15)28-2)30(26,27)13-8-9-16(14(20)11-13)29-19(21)22/h4-9,11,19H,3,10,12H2,1-2H3,(H,23,25). The third-order valence-corrected chi connectivity index (χ3v) is 6.07. The van der Waals surface area contributed by atoms with Crippen LogP contribution in [0.5, 0.6) is 11.5 Å². The monoisotopic (exact) mass is 462 g/mol. The highest BCUT2D eigenvalue weighted by molar-refractivity contribution is 7.89. The van der Waals surface area contributed by atoms with Gasteiger partial charge in [-0.3, -0.25) is 4.79 Å². The smallest absolute Gasteiger partial charge is 0.387 e. The zero-order valence-electron chi connectivity index (χ0n) is 16.3. The molecule has 0 saturated heterocycles. The van der Waals surface area contributed by atoms with Gasteiger partial charge in [-0.2, -0.15) is 13.1 Å². The van der Waals surface area contributed by atoms with Gasteiger partial charge in [0.1, 0.15) is 11.5 Å². The summed E-state index contributed by atoms with van der Waals surface area (Å²) < 4.78 is 61.1. The molecule has 0 aliphatic heterocycles. The van der Waals surface area contributed by atoms with Gasteiger partial charge >= 0.3 is 6.61 Å². The molecule has 2 rings (SSSR count). The maximum Gasteiger partial charge on any atom is 0.387 e. The Morgan fingerprint density at radius 2 is 1.90 bits per heavy atom. The van der Waals surface area contributed by atoms with E-state index in [1.807, 2.05) is 0 Å². The van der Waals surface area contributed by atoms with Crippen molar-refractivity contribution in [3.63, 3.8) is 0 Å². The minimum atomic E-state index is -4.12. The molecule has 0 aliphatic carbocycles. The second-order valence-electron chi connectivity index (χ2n) is 6.06. The molecule has 164 valence electrons. The number of ether oxygens (including phenoxy) is 2. The molecule has 7 nitrogen and oxygen atoms in total. The number of rotatable bonds is 10. The topological polar surface area (TPSA) is 84.9 Å². The highest BCUT2D eigenvalue weighted by Crippen LogP contribution is 2.30. The number of benzene rings is 2. The Kier molecular flexibility index (Phi) is 8.39. The molecular formula is C19H21ClF2N2O5S. The van der Waals surface area contributed by atoms with Crippen molar-refractivity contribution in [2.45, 2.75) is 24.9 Å². The maximum atomic E-state index is 13.0. The summed E-state index contributed by atoms with van der Waals surface area (Å²) in [6.07, 6.45) is 0.446. The molecule has 0 saturated carbocycles. The Morgan fingerprint density at radius 1 is 1.20 bits per heavy atom. The van der Waals surface area contributed by atoms with Gasteiger partial charge in [-0.1, -0.05) is 30.7 Å². The number of carbonyl (C=O) groups is 1. The largest absolute Gasteiger partial charge is 0.495 e. The first-order chi connectivity index (χ1) is 14.2. The van der Waals surface area contributed by atoms with E-state index in [-0.39, 0.29) is 22.2 Å². The number of hydrogen-bond donors (Lipinski definition) is 1. The van der Waals surface area contributed by atoms with Gasteiger partial charge in [0, 0.05) is 6.54 Å². The number of anilines is 1. The van der Waals surface area contributed by atoms with E-state index in [0.717, 1.165) is 22.5 Å². The summed E-state index contributed by atoms with van der Waals surface area (Å²) in [6, 6.07) is 9.85. The third-order valence-electron chi connectivity index (χ3n) is 3.93. The summed E-state index contributed by atoms with van der Waals surface area (Å²) in [7, 11) is -2.67. The van der Waals surface area contributed by atoms with Crippen molar-refractivity contribution in [3.05, 3.63) is 47.5 Å². The van der Waals surface area contributed by atoms with Crippen LogP contribution in [0.1, 0.15) is 13.3 Å². The first-order valence-electron chi connectivity index (χ1n) is 8.86. The van der Waals surface area contributed by atoms with E-state index in [4.69, 9.17) is 16.3 Å². The van der Waals surface area contributed by atoms with E-state index < -0.39 is 29.1 Å². The quantitative estimate of drug-likeness (QED) is 0.577. The lowest BCUT2D eigenvalue weighted by Crippen LogP contribution is -2.38. The number of para-hydroxylation sites is 2. The van der Waals surface area contributed by atoms with Crippen molar-refractivity contribution in [1.29, 1.82) is 0 Å². The SMILES string of the molecule is CCCN(CC(=O)Nc1ccccc1OC)S(=O)(=O)c1ccc(OC(F)F)c(Cl)c1. The van der Waals surface area contributed by atoms with E-state index in [0.29, 0.717) is 17.9 Å². The molecule has 1 amide bonds. The Bertz CT molecular complexity index is 989. The van der Waals surface area contributed by atoms with Crippen LogP contribution in [0.4, 0.5) is 14.5 Å². The van der Waals surface area contributed by atoms with Gasteiger partial charge in [-0.05, 0) is 36.8 Å². The number of amides is 1. The lowest BCUT2D eigenvalue weighted by Gasteiger charge is -2.22. The Hall–Kier alpha value is -2.43. The number of hydrogen-bond acceptors (Lipinski definition) is 5. The van der Waals surface area contributed by atoms with Crippen molar-refractivity contribution >= 4 is 33.2 Å². The highest BCUT2D eigenvalue weighted by Gasteiger charge is 2.27. The lowest BCUT2D eigenvalue weighted by atomic mass is 10.3. The average Bonchev–Trinajstić information content (AvgIpc) is 2.69. The van der Waals surface area contributed by atoms with Gasteiger partial charge in [0.15, 0.2) is 0 Å². The fraction of sp³-hybridized carbons (Fsp3) is 0.316. The summed E-state index contributed by atoms with van der Waals surface area (Å²) in [6.45, 7) is -1.73. The van der Waals surface area contributed by atoms with Gasteiger partial charge in [-0.25, -0.2) is 8.42 Å². The van der Waals surface area contributed by atoms with Crippen LogP contribution in [0.25, 0.3) is 0 Å². The molecule has 0 aromatic heterocycles. The number of sulfonamides is 1. The van der Waals surface area contributed by atoms with Crippen LogP contribution >= 0.6 is 11.6 Å². The predicted octanol–water partition coefficient (Wildman–Crippen LogP) is 3.99. The summed E-state index contributed by atoms with van der Waals surface area (Å²) in [4.78, 5) is 12.2. The van der Waals surface area contributed by atoms with E-state index in [9.17, 15) is 22.0 Å². The molecule has 0 bridgehead atoms. The van der Waals surface area contributed by atoms with Gasteiger partial charge < -0.3 is 14.8 Å². The van der Waals surface area contributed by atoms with Crippen LogP contribution in [-0.2, 0) is 14.8 Å². The van der Waals surface area contributed by atoms with E-state index in [1.54, 1.807) is 31.2 Å². The maximum absolute atomic E-state index is 13.0. The average molecular weight is 463 g/mol. The van der Waals surface area contributed by atoms with E-state index in [2.05, 4.69) is 10.1 Å². The molecule has 2 aromatic rings. The normalized spacial score (nSPS) is 11.6. The molecular weight excluding hydrogens is 442 g/mol. The molecule has 0 unspecified atom stereocenters. The Balaban J connectivity index is 2.23. The Labute approximate surface area is 178 Å². The second kappa shape index (κ2) is 10.6. The third kappa shape index (κ3) is 6.04. The van der Waals surface area contributed by atoms with Crippen molar-refractivity contribution in [3.8, 4) is 11.5 Å². The number of methoxy groups -OCH3 is 1.